The molecule has 0 aromatic heterocycles. The second-order valence-corrected chi connectivity index (χ2v) is 11.1. The molecule has 0 unspecified atom stereocenters. The topological polar surface area (TPSA) is 86.8 Å². The van der Waals surface area contributed by atoms with E-state index < -0.39 is 40.2 Å². The molecule has 0 heterocycles. The van der Waals surface area contributed by atoms with Gasteiger partial charge in [-0.15, -0.1) is 0 Å². The SMILES string of the molecule is CNC(=O)[C@@H](C)N(Cc1ccc(Cl)cc1Cl)C(=O)CN(c1ccc(F)cc1)S(=O)(=O)c1ccc(C)cc1. The minimum absolute atomic E-state index is 0.0399. The highest BCUT2D eigenvalue weighted by Gasteiger charge is 2.32. The lowest BCUT2D eigenvalue weighted by molar-refractivity contribution is -0.139. The fourth-order valence-electron chi connectivity index (χ4n) is 3.60. The number of rotatable bonds is 9. The Labute approximate surface area is 225 Å². The standard InChI is InChI=1S/C26H26Cl2FN3O4S/c1-17-4-12-23(13-5-17)37(35,36)32(22-10-8-21(29)9-11-22)16-25(33)31(18(2)26(34)30-3)15-19-6-7-20(27)14-24(19)28/h4-14,18H,15-16H2,1-3H3,(H,30,34)/t18-/m1/s1. The molecule has 0 aliphatic carbocycles. The molecule has 196 valence electrons. The molecule has 37 heavy (non-hydrogen) atoms. The summed E-state index contributed by atoms with van der Waals surface area (Å²) < 4.78 is 41.8. The lowest BCUT2D eigenvalue weighted by Gasteiger charge is -2.32. The number of likely N-dealkylation sites (N-methyl/N-ethyl adjacent to an activating group) is 1. The quantitative estimate of drug-likeness (QED) is 0.403. The van der Waals surface area contributed by atoms with Crippen molar-refractivity contribution in [1.29, 1.82) is 0 Å². The van der Waals surface area contributed by atoms with Crippen molar-refractivity contribution in [2.45, 2.75) is 31.3 Å². The second-order valence-electron chi connectivity index (χ2n) is 8.35. The maximum absolute atomic E-state index is 13.7. The zero-order valence-corrected chi connectivity index (χ0v) is 22.7. The van der Waals surface area contributed by atoms with Gasteiger partial charge in [-0.1, -0.05) is 47.0 Å². The maximum atomic E-state index is 13.7. The Morgan fingerprint density at radius 3 is 2.19 bits per heavy atom. The number of nitrogens with one attached hydrogen (secondary N) is 1. The molecular weight excluding hydrogens is 540 g/mol. The zero-order chi connectivity index (χ0) is 27.3. The summed E-state index contributed by atoms with van der Waals surface area (Å²) in [5.74, 6) is -1.68. The molecule has 0 saturated carbocycles. The molecule has 0 fully saturated rings. The van der Waals surface area contributed by atoms with E-state index in [0.29, 0.717) is 10.6 Å². The van der Waals surface area contributed by atoms with Crippen molar-refractivity contribution >= 4 is 50.7 Å². The van der Waals surface area contributed by atoms with Crippen LogP contribution in [0.25, 0.3) is 0 Å². The number of anilines is 1. The number of aryl methyl sites for hydroxylation is 1. The van der Waals surface area contributed by atoms with Crippen molar-refractivity contribution in [3.8, 4) is 0 Å². The molecule has 3 rings (SSSR count). The van der Waals surface area contributed by atoms with Gasteiger partial charge in [0.15, 0.2) is 0 Å². The van der Waals surface area contributed by atoms with Crippen LogP contribution in [0.15, 0.2) is 71.6 Å². The molecule has 3 aromatic rings. The Hall–Kier alpha value is -3.14. The number of amides is 2. The Balaban J connectivity index is 2.04. The van der Waals surface area contributed by atoms with Gasteiger partial charge in [-0.3, -0.25) is 13.9 Å². The van der Waals surface area contributed by atoms with Gasteiger partial charge in [0, 0.05) is 23.6 Å². The van der Waals surface area contributed by atoms with Crippen LogP contribution in [-0.2, 0) is 26.2 Å². The number of sulfonamides is 1. The van der Waals surface area contributed by atoms with Crippen LogP contribution in [0.5, 0.6) is 0 Å². The van der Waals surface area contributed by atoms with Crippen molar-refractivity contribution in [1.82, 2.24) is 10.2 Å². The van der Waals surface area contributed by atoms with Crippen LogP contribution in [0.4, 0.5) is 10.1 Å². The summed E-state index contributed by atoms with van der Waals surface area (Å²) in [4.78, 5) is 27.4. The normalized spacial score (nSPS) is 12.1. The van der Waals surface area contributed by atoms with Crippen LogP contribution in [0.2, 0.25) is 10.0 Å². The lowest BCUT2D eigenvalue weighted by atomic mass is 10.1. The summed E-state index contributed by atoms with van der Waals surface area (Å²) in [6.45, 7) is 2.62. The molecule has 11 heteroatoms. The summed E-state index contributed by atoms with van der Waals surface area (Å²) in [5, 5.41) is 3.19. The Morgan fingerprint density at radius 2 is 1.62 bits per heavy atom. The smallest absolute Gasteiger partial charge is 0.264 e. The first-order chi connectivity index (χ1) is 17.4. The van der Waals surface area contributed by atoms with E-state index in [1.54, 1.807) is 24.3 Å². The molecule has 0 radical (unpaired) electrons. The number of benzene rings is 3. The number of hydrogen-bond donors (Lipinski definition) is 1. The summed E-state index contributed by atoms with van der Waals surface area (Å²) in [6, 6.07) is 14.7. The fraction of sp³-hybridized carbons (Fsp3) is 0.231. The highest BCUT2D eigenvalue weighted by Crippen LogP contribution is 2.27. The van der Waals surface area contributed by atoms with Gasteiger partial charge in [0.05, 0.1) is 10.6 Å². The van der Waals surface area contributed by atoms with Gasteiger partial charge >= 0.3 is 0 Å². The first-order valence-corrected chi connectivity index (χ1v) is 13.4. The van der Waals surface area contributed by atoms with Crippen molar-refractivity contribution in [2.75, 3.05) is 17.9 Å². The highest BCUT2D eigenvalue weighted by molar-refractivity contribution is 7.92. The first kappa shape index (κ1) is 28.4. The average molecular weight is 566 g/mol. The first-order valence-electron chi connectivity index (χ1n) is 11.2. The van der Waals surface area contributed by atoms with Crippen LogP contribution in [-0.4, -0.2) is 44.8 Å². The molecule has 0 bridgehead atoms. The molecular formula is C26H26Cl2FN3O4S. The minimum atomic E-state index is -4.23. The molecule has 0 aliphatic heterocycles. The van der Waals surface area contributed by atoms with E-state index in [1.165, 1.54) is 49.2 Å². The van der Waals surface area contributed by atoms with Crippen molar-refractivity contribution in [3.05, 3.63) is 93.7 Å². The van der Waals surface area contributed by atoms with E-state index >= 15 is 0 Å². The summed E-state index contributed by atoms with van der Waals surface area (Å²) >= 11 is 12.3. The second kappa shape index (κ2) is 11.9. The van der Waals surface area contributed by atoms with E-state index in [1.807, 2.05) is 6.92 Å². The number of hydrogen-bond acceptors (Lipinski definition) is 4. The Morgan fingerprint density at radius 1 is 1.00 bits per heavy atom. The van der Waals surface area contributed by atoms with Crippen LogP contribution in [0, 0.1) is 12.7 Å². The van der Waals surface area contributed by atoms with Gasteiger partial charge in [0.25, 0.3) is 10.0 Å². The third-order valence-electron chi connectivity index (χ3n) is 5.77. The van der Waals surface area contributed by atoms with Gasteiger partial charge in [-0.05, 0) is 67.9 Å². The number of carbonyl (C=O) groups is 2. The lowest BCUT2D eigenvalue weighted by Crippen LogP contribution is -2.50. The molecule has 1 N–H and O–H groups in total. The number of carbonyl (C=O) groups excluding carboxylic acids is 2. The highest BCUT2D eigenvalue weighted by atomic mass is 35.5. The maximum Gasteiger partial charge on any atom is 0.264 e. The summed E-state index contributed by atoms with van der Waals surface area (Å²) in [5.41, 5.74) is 1.46. The molecule has 1 atom stereocenters. The molecule has 0 aliphatic rings. The van der Waals surface area contributed by atoms with Gasteiger partial charge in [0.1, 0.15) is 18.4 Å². The zero-order valence-electron chi connectivity index (χ0n) is 20.4. The van der Waals surface area contributed by atoms with Crippen LogP contribution < -0.4 is 9.62 Å². The van der Waals surface area contributed by atoms with Gasteiger partial charge < -0.3 is 10.2 Å². The average Bonchev–Trinajstić information content (AvgIpc) is 2.86. The van der Waals surface area contributed by atoms with Gasteiger partial charge in [-0.25, -0.2) is 12.8 Å². The predicted octanol–water partition coefficient (Wildman–Crippen LogP) is 4.80. The van der Waals surface area contributed by atoms with E-state index in [4.69, 9.17) is 23.2 Å². The number of halogens is 3. The van der Waals surface area contributed by atoms with Crippen molar-refractivity contribution < 1.29 is 22.4 Å². The third-order valence-corrected chi connectivity index (χ3v) is 8.15. The van der Waals surface area contributed by atoms with Crippen molar-refractivity contribution in [2.24, 2.45) is 0 Å². The summed E-state index contributed by atoms with van der Waals surface area (Å²) in [6.07, 6.45) is 0. The minimum Gasteiger partial charge on any atom is -0.357 e. The monoisotopic (exact) mass is 565 g/mol. The van der Waals surface area contributed by atoms with E-state index in [0.717, 1.165) is 22.0 Å². The molecule has 0 saturated heterocycles. The van der Waals surface area contributed by atoms with Crippen LogP contribution in [0.1, 0.15) is 18.1 Å². The van der Waals surface area contributed by atoms with E-state index in [2.05, 4.69) is 5.32 Å². The molecule has 7 nitrogen and oxygen atoms in total. The molecule has 3 aromatic carbocycles. The van der Waals surface area contributed by atoms with Gasteiger partial charge in [0.2, 0.25) is 11.8 Å². The molecule has 2 amide bonds. The van der Waals surface area contributed by atoms with E-state index in [9.17, 15) is 22.4 Å². The Bertz CT molecular complexity index is 1380. The Kier molecular flexibility index (Phi) is 9.17. The number of nitrogens with zero attached hydrogens (tertiary/aromatic N) is 2. The van der Waals surface area contributed by atoms with Crippen LogP contribution >= 0.6 is 23.2 Å². The van der Waals surface area contributed by atoms with Crippen LogP contribution in [0.3, 0.4) is 0 Å². The van der Waals surface area contributed by atoms with Crippen molar-refractivity contribution in [3.63, 3.8) is 0 Å². The molecule has 0 spiro atoms. The van der Waals surface area contributed by atoms with E-state index in [-0.39, 0.29) is 22.2 Å². The largest absolute Gasteiger partial charge is 0.357 e. The fourth-order valence-corrected chi connectivity index (χ4v) is 5.48. The summed E-state index contributed by atoms with van der Waals surface area (Å²) in [7, 11) is -2.80. The third kappa shape index (κ3) is 6.80. The van der Waals surface area contributed by atoms with Gasteiger partial charge in [-0.2, -0.15) is 0 Å². The predicted molar refractivity (Wildman–Crippen MR) is 143 cm³/mol.